The van der Waals surface area contributed by atoms with E-state index in [9.17, 15) is 4.79 Å². The van der Waals surface area contributed by atoms with Gasteiger partial charge in [0.2, 0.25) is 0 Å². The number of carbonyl (C=O) groups is 1. The van der Waals surface area contributed by atoms with Gasteiger partial charge in [-0.3, -0.25) is 4.79 Å². The Labute approximate surface area is 157 Å². The van der Waals surface area contributed by atoms with Crippen LogP contribution in [0.1, 0.15) is 54.5 Å². The highest BCUT2D eigenvalue weighted by Crippen LogP contribution is 2.38. The summed E-state index contributed by atoms with van der Waals surface area (Å²) in [4.78, 5) is 21.2. The quantitative estimate of drug-likeness (QED) is 0.720. The Morgan fingerprint density at radius 1 is 1.33 bits per heavy atom. The molecule has 1 saturated carbocycles. The summed E-state index contributed by atoms with van der Waals surface area (Å²) >= 11 is 0. The summed E-state index contributed by atoms with van der Waals surface area (Å²) in [7, 11) is 0. The number of amides is 1. The largest absolute Gasteiger partial charge is 0.352 e. The van der Waals surface area contributed by atoms with Gasteiger partial charge >= 0.3 is 0 Å². The van der Waals surface area contributed by atoms with Crippen LogP contribution < -0.4 is 5.32 Å². The van der Waals surface area contributed by atoms with Gasteiger partial charge in [0.1, 0.15) is 0 Å². The van der Waals surface area contributed by atoms with Crippen LogP contribution in [-0.4, -0.2) is 37.4 Å². The van der Waals surface area contributed by atoms with Crippen molar-refractivity contribution in [2.45, 2.75) is 39.5 Å². The number of hydrogen-bond donors (Lipinski definition) is 1. The highest BCUT2D eigenvalue weighted by atomic mass is 16.5. The van der Waals surface area contributed by atoms with Crippen molar-refractivity contribution in [1.82, 2.24) is 30.2 Å². The third-order valence-corrected chi connectivity index (χ3v) is 4.52. The van der Waals surface area contributed by atoms with Gasteiger partial charge in [-0.2, -0.15) is 10.1 Å². The topological polar surface area (TPSA) is 98.7 Å². The van der Waals surface area contributed by atoms with E-state index in [1.807, 2.05) is 19.1 Å². The Kier molecular flexibility index (Phi) is 4.47. The average molecular weight is 366 g/mol. The van der Waals surface area contributed by atoms with Gasteiger partial charge in [0.15, 0.2) is 11.6 Å². The number of hydrogen-bond acceptors (Lipinski definition) is 6. The average Bonchev–Trinajstić information content (AvgIpc) is 3.27. The fraction of sp³-hybridized carbons (Fsp3) is 0.421. The van der Waals surface area contributed by atoms with Gasteiger partial charge in [0.25, 0.3) is 11.8 Å². The smallest absolute Gasteiger partial charge is 0.259 e. The molecule has 0 aliphatic heterocycles. The van der Waals surface area contributed by atoms with Gasteiger partial charge in [-0.25, -0.2) is 9.67 Å². The van der Waals surface area contributed by atoms with Crippen molar-refractivity contribution < 1.29 is 9.32 Å². The molecule has 3 aromatic heterocycles. The summed E-state index contributed by atoms with van der Waals surface area (Å²) in [6.45, 7) is 6.59. The molecule has 3 heterocycles. The molecule has 27 heavy (non-hydrogen) atoms. The van der Waals surface area contributed by atoms with Crippen LogP contribution in [0.3, 0.4) is 0 Å². The first-order valence-corrected chi connectivity index (χ1v) is 9.16. The zero-order valence-electron chi connectivity index (χ0n) is 15.6. The van der Waals surface area contributed by atoms with E-state index >= 15 is 0 Å². The van der Waals surface area contributed by atoms with Crippen molar-refractivity contribution >= 4 is 5.91 Å². The molecule has 4 rings (SSSR count). The predicted octanol–water partition coefficient (Wildman–Crippen LogP) is 2.89. The fourth-order valence-electron chi connectivity index (χ4n) is 2.75. The lowest BCUT2D eigenvalue weighted by molar-refractivity contribution is 0.0948. The normalized spacial score (nSPS) is 13.9. The molecule has 1 amide bonds. The fourth-order valence-corrected chi connectivity index (χ4v) is 2.75. The highest BCUT2D eigenvalue weighted by molar-refractivity contribution is 5.95. The monoisotopic (exact) mass is 366 g/mol. The summed E-state index contributed by atoms with van der Waals surface area (Å²) in [5, 5.41) is 11.3. The lowest BCUT2D eigenvalue weighted by Gasteiger charge is -2.08. The van der Waals surface area contributed by atoms with E-state index in [2.05, 4.69) is 39.4 Å². The maximum atomic E-state index is 12.3. The first kappa shape index (κ1) is 17.4. The van der Waals surface area contributed by atoms with Crippen LogP contribution >= 0.6 is 0 Å². The molecule has 0 radical (unpaired) electrons. The molecule has 0 bridgehead atoms. The number of carbonyl (C=O) groups excluding carboxylic acids is 1. The second-order valence-corrected chi connectivity index (χ2v) is 7.30. The molecule has 140 valence electrons. The molecule has 1 aliphatic rings. The van der Waals surface area contributed by atoms with Gasteiger partial charge in [0, 0.05) is 18.7 Å². The van der Waals surface area contributed by atoms with Crippen LogP contribution in [0.2, 0.25) is 0 Å². The third kappa shape index (κ3) is 3.60. The number of rotatable bonds is 6. The molecular formula is C19H22N6O2. The molecule has 1 aliphatic carbocycles. The van der Waals surface area contributed by atoms with Crippen LogP contribution in [-0.2, 0) is 0 Å². The van der Waals surface area contributed by atoms with Crippen LogP contribution in [0.4, 0.5) is 0 Å². The maximum Gasteiger partial charge on any atom is 0.259 e. The van der Waals surface area contributed by atoms with Gasteiger partial charge in [0.05, 0.1) is 23.0 Å². The molecular weight excluding hydrogens is 344 g/mol. The van der Waals surface area contributed by atoms with Crippen LogP contribution in [0.25, 0.3) is 17.3 Å². The van der Waals surface area contributed by atoms with Gasteiger partial charge < -0.3 is 9.84 Å². The second kappa shape index (κ2) is 6.94. The zero-order valence-corrected chi connectivity index (χ0v) is 15.6. The van der Waals surface area contributed by atoms with Crippen molar-refractivity contribution in [3.8, 4) is 17.3 Å². The van der Waals surface area contributed by atoms with Crippen molar-refractivity contribution in [2.24, 2.45) is 5.92 Å². The first-order valence-electron chi connectivity index (χ1n) is 9.16. The van der Waals surface area contributed by atoms with E-state index in [0.717, 1.165) is 29.9 Å². The molecule has 0 saturated heterocycles. The molecule has 0 spiro atoms. The second-order valence-electron chi connectivity index (χ2n) is 7.30. The Bertz CT molecular complexity index is 953. The number of aromatic nitrogens is 5. The molecule has 0 atom stereocenters. The Morgan fingerprint density at radius 3 is 2.81 bits per heavy atom. The predicted molar refractivity (Wildman–Crippen MR) is 98.5 cm³/mol. The highest BCUT2D eigenvalue weighted by Gasteiger charge is 2.29. The standard InChI is InChI=1S/C19H22N6O2/c1-11(2)8-21-18(26)15-10-22-25(12(15)3)16-7-6-14(9-20-16)19-23-17(24-27-19)13-4-5-13/h6-7,9-11,13H,4-5,8H2,1-3H3,(H,21,26). The van der Waals surface area contributed by atoms with E-state index in [1.165, 1.54) is 0 Å². The summed E-state index contributed by atoms with van der Waals surface area (Å²) in [5.74, 6) is 2.59. The van der Waals surface area contributed by atoms with Crippen molar-refractivity contribution in [3.05, 3.63) is 41.6 Å². The van der Waals surface area contributed by atoms with E-state index in [0.29, 0.717) is 35.7 Å². The van der Waals surface area contributed by atoms with E-state index in [-0.39, 0.29) is 5.91 Å². The summed E-state index contributed by atoms with van der Waals surface area (Å²) in [6.07, 6.45) is 5.50. The van der Waals surface area contributed by atoms with Gasteiger partial charge in [-0.1, -0.05) is 19.0 Å². The van der Waals surface area contributed by atoms with Gasteiger partial charge in [-0.15, -0.1) is 0 Å². The minimum atomic E-state index is -0.123. The van der Waals surface area contributed by atoms with Crippen LogP contribution in [0, 0.1) is 12.8 Å². The molecule has 1 N–H and O–H groups in total. The third-order valence-electron chi connectivity index (χ3n) is 4.52. The van der Waals surface area contributed by atoms with Crippen molar-refractivity contribution in [2.75, 3.05) is 6.54 Å². The summed E-state index contributed by atoms with van der Waals surface area (Å²) < 4.78 is 6.98. The Morgan fingerprint density at radius 2 is 2.15 bits per heavy atom. The molecule has 1 fully saturated rings. The molecule has 3 aromatic rings. The van der Waals surface area contributed by atoms with Crippen LogP contribution in [0.5, 0.6) is 0 Å². The molecule has 0 unspecified atom stereocenters. The number of pyridine rings is 1. The summed E-state index contributed by atoms with van der Waals surface area (Å²) in [6, 6.07) is 3.69. The van der Waals surface area contributed by atoms with Crippen molar-refractivity contribution in [1.29, 1.82) is 0 Å². The summed E-state index contributed by atoms with van der Waals surface area (Å²) in [5.41, 5.74) is 2.05. The minimum absolute atomic E-state index is 0.123. The van der Waals surface area contributed by atoms with Crippen molar-refractivity contribution in [3.63, 3.8) is 0 Å². The van der Waals surface area contributed by atoms with Gasteiger partial charge in [-0.05, 0) is 37.8 Å². The molecule has 0 aromatic carbocycles. The Hall–Kier alpha value is -3.03. The zero-order chi connectivity index (χ0) is 19.0. The minimum Gasteiger partial charge on any atom is -0.352 e. The SMILES string of the molecule is Cc1c(C(=O)NCC(C)C)cnn1-c1ccc(-c2nc(C3CC3)no2)cn1. The Balaban J connectivity index is 1.52. The number of nitrogens with one attached hydrogen (secondary N) is 1. The van der Waals surface area contributed by atoms with Crippen LogP contribution in [0.15, 0.2) is 29.0 Å². The van der Waals surface area contributed by atoms with E-state index in [1.54, 1.807) is 17.1 Å². The lowest BCUT2D eigenvalue weighted by atomic mass is 10.2. The van der Waals surface area contributed by atoms with E-state index in [4.69, 9.17) is 4.52 Å². The lowest BCUT2D eigenvalue weighted by Crippen LogP contribution is -2.27. The molecule has 8 nitrogen and oxygen atoms in total. The number of nitrogens with zero attached hydrogens (tertiary/aromatic N) is 5. The van der Waals surface area contributed by atoms with E-state index < -0.39 is 0 Å². The molecule has 8 heteroatoms. The first-order chi connectivity index (χ1) is 13.0. The maximum absolute atomic E-state index is 12.3.